The molecule has 4 aromatic rings. The number of halogens is 2. The van der Waals surface area contributed by atoms with Crippen molar-refractivity contribution in [2.24, 2.45) is 5.10 Å². The summed E-state index contributed by atoms with van der Waals surface area (Å²) in [7, 11) is 0. The van der Waals surface area contributed by atoms with Crippen molar-refractivity contribution in [1.82, 2.24) is 19.7 Å². The molecule has 27 heavy (non-hydrogen) atoms. The Kier molecular flexibility index (Phi) is 4.60. The third-order valence-corrected chi connectivity index (χ3v) is 4.51. The van der Waals surface area contributed by atoms with Crippen molar-refractivity contribution in [3.8, 4) is 0 Å². The largest absolute Gasteiger partial charge is 0.323 e. The molecule has 2 aromatic heterocycles. The maximum atomic E-state index is 13.0. The van der Waals surface area contributed by atoms with Crippen LogP contribution in [-0.4, -0.2) is 26.0 Å². The number of imidazole rings is 1. The zero-order valence-corrected chi connectivity index (χ0v) is 15.2. The van der Waals surface area contributed by atoms with Crippen LogP contribution >= 0.6 is 11.6 Å². The summed E-state index contributed by atoms with van der Waals surface area (Å²) in [4.78, 5) is 7.53. The average molecular weight is 383 g/mol. The quantitative estimate of drug-likeness (QED) is 0.398. The summed E-state index contributed by atoms with van der Waals surface area (Å²) in [6, 6.07) is 14.0. The van der Waals surface area contributed by atoms with E-state index in [0.29, 0.717) is 23.2 Å². The molecule has 6 nitrogen and oxygen atoms in total. The molecule has 0 unspecified atom stereocenters. The zero-order valence-electron chi connectivity index (χ0n) is 14.4. The maximum absolute atomic E-state index is 13.0. The van der Waals surface area contributed by atoms with Crippen molar-refractivity contribution < 1.29 is 4.39 Å². The second-order valence-electron chi connectivity index (χ2n) is 6.05. The van der Waals surface area contributed by atoms with E-state index >= 15 is 0 Å². The molecule has 136 valence electrons. The highest BCUT2D eigenvalue weighted by Gasteiger charge is 2.12. The number of hydrogen-bond acceptors (Lipinski definition) is 4. The van der Waals surface area contributed by atoms with Gasteiger partial charge in [0.05, 0.1) is 35.1 Å². The van der Waals surface area contributed by atoms with Gasteiger partial charge in [0.15, 0.2) is 0 Å². The van der Waals surface area contributed by atoms with Gasteiger partial charge in [0.1, 0.15) is 11.0 Å². The molecule has 8 heteroatoms. The standard InChI is InChI=1S/C19H16ClFN6/c1-12-15(10-22-25-19-23-16-4-2-3-5-17(16)24-19)18(20)27(26-12)11-13-6-8-14(21)9-7-13/h2-10H,11H2,1H3,(H2,23,24,25)/b22-10+. The summed E-state index contributed by atoms with van der Waals surface area (Å²) < 4.78 is 14.7. The van der Waals surface area contributed by atoms with Gasteiger partial charge < -0.3 is 4.98 Å². The molecule has 2 aromatic carbocycles. The van der Waals surface area contributed by atoms with Gasteiger partial charge in [-0.15, -0.1) is 0 Å². The second-order valence-corrected chi connectivity index (χ2v) is 6.40. The highest BCUT2D eigenvalue weighted by Crippen LogP contribution is 2.20. The van der Waals surface area contributed by atoms with Crippen molar-refractivity contribution in [2.45, 2.75) is 13.5 Å². The van der Waals surface area contributed by atoms with E-state index in [1.165, 1.54) is 12.1 Å². The van der Waals surface area contributed by atoms with Gasteiger partial charge in [-0.3, -0.25) is 0 Å². The van der Waals surface area contributed by atoms with Crippen molar-refractivity contribution in [3.63, 3.8) is 0 Å². The molecule has 0 radical (unpaired) electrons. The van der Waals surface area contributed by atoms with Crippen LogP contribution in [0.1, 0.15) is 16.8 Å². The molecule has 0 saturated heterocycles. The summed E-state index contributed by atoms with van der Waals surface area (Å²) in [5, 5.41) is 9.11. The lowest BCUT2D eigenvalue weighted by atomic mass is 10.2. The monoisotopic (exact) mass is 382 g/mol. The first kappa shape index (κ1) is 17.2. The number of nitrogens with zero attached hydrogens (tertiary/aromatic N) is 4. The van der Waals surface area contributed by atoms with Crippen molar-refractivity contribution in [2.75, 3.05) is 5.43 Å². The van der Waals surface area contributed by atoms with Gasteiger partial charge in [-0.25, -0.2) is 19.5 Å². The number of aromatic nitrogens is 4. The fraction of sp³-hybridized carbons (Fsp3) is 0.105. The van der Waals surface area contributed by atoms with Crippen molar-refractivity contribution in [1.29, 1.82) is 0 Å². The van der Waals surface area contributed by atoms with E-state index in [0.717, 1.165) is 22.3 Å². The van der Waals surface area contributed by atoms with E-state index < -0.39 is 0 Å². The van der Waals surface area contributed by atoms with E-state index in [1.54, 1.807) is 23.0 Å². The molecule has 0 aliphatic heterocycles. The van der Waals surface area contributed by atoms with Gasteiger partial charge in [0.2, 0.25) is 5.95 Å². The van der Waals surface area contributed by atoms with Crippen LogP contribution in [0.3, 0.4) is 0 Å². The summed E-state index contributed by atoms with van der Waals surface area (Å²) >= 11 is 6.44. The smallest absolute Gasteiger partial charge is 0.222 e. The van der Waals surface area contributed by atoms with Crippen molar-refractivity contribution in [3.05, 3.63) is 76.3 Å². The molecule has 0 aliphatic rings. The van der Waals surface area contributed by atoms with Crippen LogP contribution in [0.15, 0.2) is 53.6 Å². The third-order valence-electron chi connectivity index (χ3n) is 4.11. The molecule has 4 rings (SSSR count). The van der Waals surface area contributed by atoms with E-state index in [2.05, 4.69) is 25.6 Å². The fourth-order valence-corrected chi connectivity index (χ4v) is 3.03. The van der Waals surface area contributed by atoms with E-state index in [9.17, 15) is 4.39 Å². The molecular formula is C19H16ClFN6. The first-order chi connectivity index (χ1) is 13.1. The van der Waals surface area contributed by atoms with Crippen LogP contribution in [0.4, 0.5) is 10.3 Å². The van der Waals surface area contributed by atoms with Crippen LogP contribution in [0.25, 0.3) is 11.0 Å². The molecule has 0 aliphatic carbocycles. The predicted molar refractivity (Wildman–Crippen MR) is 105 cm³/mol. The Morgan fingerprint density at radius 3 is 2.78 bits per heavy atom. The van der Waals surface area contributed by atoms with Gasteiger partial charge >= 0.3 is 0 Å². The molecule has 0 amide bonds. The third kappa shape index (κ3) is 3.68. The number of fused-ring (bicyclic) bond motifs is 1. The van der Waals surface area contributed by atoms with Crippen molar-refractivity contribution >= 4 is 34.8 Å². The zero-order chi connectivity index (χ0) is 18.8. The molecule has 0 bridgehead atoms. The molecule has 2 heterocycles. The molecule has 2 N–H and O–H groups in total. The Labute approximate surface area is 159 Å². The lowest BCUT2D eigenvalue weighted by Gasteiger charge is -2.03. The fourth-order valence-electron chi connectivity index (χ4n) is 2.75. The Bertz CT molecular complexity index is 1080. The first-order valence-corrected chi connectivity index (χ1v) is 8.69. The number of hydrogen-bond donors (Lipinski definition) is 2. The van der Waals surface area contributed by atoms with Crippen LogP contribution in [-0.2, 0) is 6.54 Å². The minimum Gasteiger partial charge on any atom is -0.323 e. The molecule has 0 saturated carbocycles. The average Bonchev–Trinajstić information content (AvgIpc) is 3.19. The molecule has 0 spiro atoms. The lowest BCUT2D eigenvalue weighted by Crippen LogP contribution is -2.02. The predicted octanol–water partition coefficient (Wildman–Crippen LogP) is 4.35. The lowest BCUT2D eigenvalue weighted by molar-refractivity contribution is 0.624. The van der Waals surface area contributed by atoms with E-state index in [1.807, 2.05) is 31.2 Å². The minimum atomic E-state index is -0.272. The number of para-hydroxylation sites is 2. The minimum absolute atomic E-state index is 0.272. The van der Waals surface area contributed by atoms with Gasteiger partial charge in [0, 0.05) is 0 Å². The maximum Gasteiger partial charge on any atom is 0.222 e. The normalized spacial score (nSPS) is 11.5. The summed E-state index contributed by atoms with van der Waals surface area (Å²) in [5.41, 5.74) is 7.02. The van der Waals surface area contributed by atoms with E-state index in [-0.39, 0.29) is 5.82 Å². The number of rotatable bonds is 5. The number of hydrazone groups is 1. The Morgan fingerprint density at radius 1 is 1.22 bits per heavy atom. The molecular weight excluding hydrogens is 367 g/mol. The van der Waals surface area contributed by atoms with Gasteiger partial charge in [0.25, 0.3) is 0 Å². The summed E-state index contributed by atoms with van der Waals surface area (Å²) in [6.07, 6.45) is 1.61. The van der Waals surface area contributed by atoms with Gasteiger partial charge in [-0.05, 0) is 36.8 Å². The number of benzene rings is 2. The number of nitrogens with one attached hydrogen (secondary N) is 2. The number of anilines is 1. The number of aromatic amines is 1. The van der Waals surface area contributed by atoms with Crippen LogP contribution in [0, 0.1) is 12.7 Å². The molecule has 0 atom stereocenters. The first-order valence-electron chi connectivity index (χ1n) is 8.31. The van der Waals surface area contributed by atoms with Crippen LogP contribution < -0.4 is 5.43 Å². The Balaban J connectivity index is 1.50. The number of H-pyrrole nitrogens is 1. The summed E-state index contributed by atoms with van der Waals surface area (Å²) in [5.74, 6) is 0.269. The van der Waals surface area contributed by atoms with Gasteiger partial charge in [-0.1, -0.05) is 35.9 Å². The Hall–Kier alpha value is -3.19. The van der Waals surface area contributed by atoms with Crippen LogP contribution in [0.5, 0.6) is 0 Å². The number of aryl methyl sites for hydroxylation is 1. The van der Waals surface area contributed by atoms with E-state index in [4.69, 9.17) is 11.6 Å². The van der Waals surface area contributed by atoms with Gasteiger partial charge in [-0.2, -0.15) is 10.2 Å². The topological polar surface area (TPSA) is 70.9 Å². The summed E-state index contributed by atoms with van der Waals surface area (Å²) in [6.45, 7) is 2.31. The SMILES string of the molecule is Cc1nn(Cc2ccc(F)cc2)c(Cl)c1/C=N/Nc1nc2ccccc2[nH]1. The highest BCUT2D eigenvalue weighted by atomic mass is 35.5. The molecule has 0 fully saturated rings. The van der Waals surface area contributed by atoms with Crippen LogP contribution in [0.2, 0.25) is 5.15 Å². The Morgan fingerprint density at radius 2 is 2.00 bits per heavy atom. The highest BCUT2D eigenvalue weighted by molar-refractivity contribution is 6.32. The second kappa shape index (κ2) is 7.20.